The lowest BCUT2D eigenvalue weighted by atomic mass is 9.48. The van der Waals surface area contributed by atoms with Gasteiger partial charge in [-0.05, 0) is 62.2 Å². The molecule has 0 aliphatic heterocycles. The molecule has 0 aromatic heterocycles. The van der Waals surface area contributed by atoms with Crippen molar-refractivity contribution in [2.75, 3.05) is 0 Å². The zero-order valence-electron chi connectivity index (χ0n) is 18.3. The van der Waals surface area contributed by atoms with Gasteiger partial charge in [0.1, 0.15) is 0 Å². The number of fused-ring (bicyclic) bond motifs is 5. The van der Waals surface area contributed by atoms with Crippen LogP contribution in [0.5, 0.6) is 0 Å². The van der Waals surface area contributed by atoms with Gasteiger partial charge in [0.15, 0.2) is 17.2 Å². The number of aliphatic hydroxyl groups is 1. The fourth-order valence-electron chi connectivity index (χ4n) is 7.04. The van der Waals surface area contributed by atoms with Crippen molar-refractivity contribution in [1.82, 2.24) is 0 Å². The van der Waals surface area contributed by atoms with Gasteiger partial charge in [0.2, 0.25) is 0 Å². The number of allylic oxidation sites excluding steroid dienone is 6. The number of aliphatic hydroxyl groups excluding tert-OH is 1. The van der Waals surface area contributed by atoms with E-state index >= 15 is 0 Å². The zero-order chi connectivity index (χ0) is 21.9. The second kappa shape index (κ2) is 7.01. The van der Waals surface area contributed by atoms with Crippen molar-refractivity contribution >= 4 is 17.5 Å². The summed E-state index contributed by atoms with van der Waals surface area (Å²) in [6.07, 6.45) is 11.3. The highest BCUT2D eigenvalue weighted by Gasteiger charge is 2.69. The van der Waals surface area contributed by atoms with Gasteiger partial charge in [0.25, 0.3) is 0 Å². The Bertz CT molecular complexity index is 882. The molecule has 0 heterocycles. The molecule has 0 amide bonds. The number of hydrogen-bond donors (Lipinski definition) is 1. The molecule has 0 bridgehead atoms. The molecule has 5 heteroatoms. The Balaban J connectivity index is 1.76. The minimum atomic E-state index is -1.18. The number of hydrogen-bond acceptors (Lipinski definition) is 5. The van der Waals surface area contributed by atoms with Crippen molar-refractivity contribution in [3.8, 4) is 0 Å². The number of esters is 1. The highest BCUT2D eigenvalue weighted by molar-refractivity contribution is 6.01. The second-order valence-electron chi connectivity index (χ2n) is 10.0. The van der Waals surface area contributed by atoms with Crippen LogP contribution in [-0.2, 0) is 19.1 Å². The van der Waals surface area contributed by atoms with Crippen LogP contribution >= 0.6 is 0 Å². The summed E-state index contributed by atoms with van der Waals surface area (Å²) in [6, 6.07) is 0. The Morgan fingerprint density at radius 3 is 2.67 bits per heavy atom. The molecule has 4 rings (SSSR count). The lowest BCUT2D eigenvalue weighted by Crippen LogP contribution is -2.61. The van der Waals surface area contributed by atoms with Crippen molar-refractivity contribution in [2.45, 2.75) is 71.5 Å². The van der Waals surface area contributed by atoms with Crippen molar-refractivity contribution in [1.29, 1.82) is 0 Å². The van der Waals surface area contributed by atoms with Crippen LogP contribution in [0.25, 0.3) is 0 Å². The van der Waals surface area contributed by atoms with Crippen molar-refractivity contribution in [3.63, 3.8) is 0 Å². The van der Waals surface area contributed by atoms with Gasteiger partial charge >= 0.3 is 5.97 Å². The summed E-state index contributed by atoms with van der Waals surface area (Å²) in [5.41, 5.74) is -1.30. The number of rotatable bonds is 4. The summed E-state index contributed by atoms with van der Waals surface area (Å²) in [7, 11) is 0. The van der Waals surface area contributed by atoms with Gasteiger partial charge in [0, 0.05) is 23.2 Å². The summed E-state index contributed by atoms with van der Waals surface area (Å²) in [5, 5.41) is 11.4. The maximum absolute atomic E-state index is 12.9. The Morgan fingerprint density at radius 2 is 2.00 bits per heavy atom. The fraction of sp³-hybridized carbons (Fsp3) is 0.640. The van der Waals surface area contributed by atoms with Crippen LogP contribution in [0.2, 0.25) is 0 Å². The van der Waals surface area contributed by atoms with Crippen LogP contribution in [0.15, 0.2) is 36.0 Å². The number of carbonyl (C=O) groups excluding carboxylic acids is 3. The van der Waals surface area contributed by atoms with Crippen LogP contribution in [0.4, 0.5) is 0 Å². The van der Waals surface area contributed by atoms with E-state index in [4.69, 9.17) is 4.74 Å². The molecule has 1 N–H and O–H groups in total. The molecular formula is C25H32O5. The average Bonchev–Trinajstić information content (AvgIpc) is 2.95. The molecule has 0 radical (unpaired) electrons. The van der Waals surface area contributed by atoms with Crippen molar-refractivity contribution < 1.29 is 24.2 Å². The van der Waals surface area contributed by atoms with E-state index in [9.17, 15) is 19.5 Å². The summed E-state index contributed by atoms with van der Waals surface area (Å²) < 4.78 is 5.95. The molecule has 162 valence electrons. The zero-order valence-corrected chi connectivity index (χ0v) is 18.3. The Kier molecular flexibility index (Phi) is 4.96. The normalized spacial score (nSPS) is 44.0. The van der Waals surface area contributed by atoms with E-state index in [-0.39, 0.29) is 41.7 Å². The number of ketones is 2. The number of ether oxygens (including phenoxy) is 1. The Labute approximate surface area is 178 Å². The largest absolute Gasteiger partial charge is 0.450 e. The standard InChI is InChI=1S/C25H32O5/c1-5-6-21(29)30-25(15(2)26)12-10-19-18-8-7-16-13-17(27)9-11-23(16,3)22(18)20(28)14-24(19,25)4/h7-9,11,13,18-20,22,28H,5-6,10,12,14H2,1-4H3/t18-,19-,20-,22+,23-,24-,25+/m0/s1. The van der Waals surface area contributed by atoms with E-state index in [1.807, 2.05) is 26.0 Å². The smallest absolute Gasteiger partial charge is 0.306 e. The predicted molar refractivity (Wildman–Crippen MR) is 112 cm³/mol. The molecule has 5 nitrogen and oxygen atoms in total. The van der Waals surface area contributed by atoms with Crippen molar-refractivity contribution in [2.24, 2.45) is 28.6 Å². The van der Waals surface area contributed by atoms with E-state index in [1.54, 1.807) is 12.2 Å². The molecule has 0 aromatic carbocycles. The quantitative estimate of drug-likeness (QED) is 0.712. The number of carbonyl (C=O) groups is 3. The van der Waals surface area contributed by atoms with E-state index < -0.39 is 22.5 Å². The summed E-state index contributed by atoms with van der Waals surface area (Å²) in [5.74, 6) is -0.409. The predicted octanol–water partition coefficient (Wildman–Crippen LogP) is 3.71. The van der Waals surface area contributed by atoms with E-state index in [0.29, 0.717) is 19.3 Å². The van der Waals surface area contributed by atoms with Gasteiger partial charge in [-0.3, -0.25) is 14.4 Å². The van der Waals surface area contributed by atoms with E-state index in [2.05, 4.69) is 13.0 Å². The van der Waals surface area contributed by atoms with Crippen LogP contribution in [0.1, 0.15) is 59.8 Å². The van der Waals surface area contributed by atoms with Crippen LogP contribution in [-0.4, -0.2) is 34.3 Å². The molecular weight excluding hydrogens is 380 g/mol. The molecule has 4 aliphatic rings. The molecule has 7 atom stereocenters. The first-order chi connectivity index (χ1) is 14.1. The minimum Gasteiger partial charge on any atom is -0.450 e. The SMILES string of the molecule is CCCC(=O)O[C@@]1(C(C)=O)CC[C@H]2[C@@H]3C=CC4=CC(=O)C=C[C@]4(C)[C@H]3[C@@H](O)C[C@@]21C. The topological polar surface area (TPSA) is 80.7 Å². The molecule has 0 spiro atoms. The first kappa shape index (κ1) is 21.2. The van der Waals surface area contributed by atoms with Crippen LogP contribution in [0, 0.1) is 28.6 Å². The monoisotopic (exact) mass is 412 g/mol. The fourth-order valence-corrected chi connectivity index (χ4v) is 7.04. The van der Waals surface area contributed by atoms with Gasteiger partial charge in [-0.25, -0.2) is 0 Å². The Hall–Kier alpha value is -2.01. The highest BCUT2D eigenvalue weighted by Crippen LogP contribution is 2.66. The Morgan fingerprint density at radius 1 is 1.27 bits per heavy atom. The summed E-state index contributed by atoms with van der Waals surface area (Å²) in [6.45, 7) is 7.53. The molecule has 0 aromatic rings. The average molecular weight is 413 g/mol. The van der Waals surface area contributed by atoms with Gasteiger partial charge in [-0.1, -0.05) is 39.0 Å². The summed E-state index contributed by atoms with van der Waals surface area (Å²) in [4.78, 5) is 37.3. The maximum Gasteiger partial charge on any atom is 0.306 e. The third-order valence-corrected chi connectivity index (χ3v) is 8.49. The van der Waals surface area contributed by atoms with Gasteiger partial charge in [-0.2, -0.15) is 0 Å². The molecule has 4 aliphatic carbocycles. The molecule has 2 fully saturated rings. The summed E-state index contributed by atoms with van der Waals surface area (Å²) >= 11 is 0. The number of Topliss-reactive ketones (excluding diaryl/α,β-unsaturated/α-hetero) is 1. The maximum atomic E-state index is 12.9. The lowest BCUT2D eigenvalue weighted by Gasteiger charge is -2.58. The van der Waals surface area contributed by atoms with Gasteiger partial charge in [-0.15, -0.1) is 0 Å². The van der Waals surface area contributed by atoms with Crippen LogP contribution in [0.3, 0.4) is 0 Å². The van der Waals surface area contributed by atoms with Gasteiger partial charge in [0.05, 0.1) is 6.10 Å². The third kappa shape index (κ3) is 2.74. The minimum absolute atomic E-state index is 0.0278. The molecule has 0 saturated heterocycles. The third-order valence-electron chi connectivity index (χ3n) is 8.49. The molecule has 30 heavy (non-hydrogen) atoms. The van der Waals surface area contributed by atoms with E-state index in [0.717, 1.165) is 12.0 Å². The van der Waals surface area contributed by atoms with Crippen molar-refractivity contribution in [3.05, 3.63) is 36.0 Å². The second-order valence-corrected chi connectivity index (χ2v) is 10.0. The highest BCUT2D eigenvalue weighted by atomic mass is 16.6. The molecule has 2 saturated carbocycles. The van der Waals surface area contributed by atoms with Gasteiger partial charge < -0.3 is 9.84 Å². The first-order valence-electron chi connectivity index (χ1n) is 11.1. The van der Waals surface area contributed by atoms with E-state index in [1.165, 1.54) is 6.92 Å². The molecule has 0 unspecified atom stereocenters. The first-order valence-corrected chi connectivity index (χ1v) is 11.1. The van der Waals surface area contributed by atoms with Crippen LogP contribution < -0.4 is 0 Å². The lowest BCUT2D eigenvalue weighted by molar-refractivity contribution is -0.194.